The van der Waals surface area contributed by atoms with Crippen LogP contribution in [-0.2, 0) is 4.79 Å². The minimum absolute atomic E-state index is 0.00150. The van der Waals surface area contributed by atoms with E-state index >= 15 is 0 Å². The molecule has 2 unspecified atom stereocenters. The third kappa shape index (κ3) is 5.56. The van der Waals surface area contributed by atoms with Crippen LogP contribution >= 0.6 is 0 Å². The van der Waals surface area contributed by atoms with Gasteiger partial charge in [-0.1, -0.05) is 87.1 Å². The molecule has 0 N–H and O–H groups in total. The standard InChI is InChI=1S/C27H38O/c1-7-9-11-23(25-17-19(3)13-15-21(25)5)27(28)24(12-10-8-2)26-18-20(4)14-16-22(26)6/h13-18,23-24H,7-12H2,1-6H3. The lowest BCUT2D eigenvalue weighted by atomic mass is 9.76. The SMILES string of the molecule is CCCCC(C(=O)C(CCCC)c1cc(C)ccc1C)c1cc(C)ccc1C. The zero-order valence-corrected chi connectivity index (χ0v) is 18.8. The summed E-state index contributed by atoms with van der Waals surface area (Å²) in [4.78, 5) is 14.0. The molecule has 2 rings (SSSR count). The van der Waals surface area contributed by atoms with Gasteiger partial charge in [0.15, 0.2) is 0 Å². The molecule has 0 amide bonds. The molecule has 2 aromatic rings. The predicted octanol–water partition coefficient (Wildman–Crippen LogP) is 7.74. The summed E-state index contributed by atoms with van der Waals surface area (Å²) in [5.41, 5.74) is 7.46. The van der Waals surface area contributed by atoms with Crippen LogP contribution < -0.4 is 0 Å². The van der Waals surface area contributed by atoms with Crippen molar-refractivity contribution in [1.82, 2.24) is 0 Å². The zero-order chi connectivity index (χ0) is 20.7. The largest absolute Gasteiger partial charge is 0.298 e. The fourth-order valence-electron chi connectivity index (χ4n) is 4.23. The Hall–Kier alpha value is -1.89. The molecule has 0 saturated carbocycles. The van der Waals surface area contributed by atoms with Gasteiger partial charge in [-0.25, -0.2) is 0 Å². The summed E-state index contributed by atoms with van der Waals surface area (Å²) >= 11 is 0. The molecule has 2 aromatic carbocycles. The molecule has 1 heteroatoms. The van der Waals surface area contributed by atoms with Crippen molar-refractivity contribution in [3.63, 3.8) is 0 Å². The lowest BCUT2D eigenvalue weighted by molar-refractivity contribution is -0.122. The molecule has 0 radical (unpaired) electrons. The Balaban J connectivity index is 2.49. The molecular weight excluding hydrogens is 340 g/mol. The van der Waals surface area contributed by atoms with Gasteiger partial charge < -0.3 is 0 Å². The lowest BCUT2D eigenvalue weighted by Gasteiger charge is -2.26. The normalized spacial score (nSPS) is 13.4. The second kappa shape index (κ2) is 10.6. The molecule has 0 spiro atoms. The van der Waals surface area contributed by atoms with Crippen LogP contribution in [0, 0.1) is 27.7 Å². The maximum Gasteiger partial charge on any atom is 0.147 e. The summed E-state index contributed by atoms with van der Waals surface area (Å²) in [5, 5.41) is 0. The highest BCUT2D eigenvalue weighted by molar-refractivity contribution is 5.92. The molecule has 0 aliphatic heterocycles. The summed E-state index contributed by atoms with van der Waals surface area (Å²) < 4.78 is 0. The molecule has 0 fully saturated rings. The number of carbonyl (C=O) groups is 1. The average Bonchev–Trinajstić information content (AvgIpc) is 2.67. The van der Waals surface area contributed by atoms with Gasteiger partial charge in [-0.05, 0) is 62.8 Å². The van der Waals surface area contributed by atoms with Gasteiger partial charge in [0.05, 0.1) is 0 Å². The fraction of sp³-hybridized carbons (Fsp3) is 0.519. The first-order chi connectivity index (χ1) is 13.4. The summed E-state index contributed by atoms with van der Waals surface area (Å²) in [6.07, 6.45) is 6.34. The highest BCUT2D eigenvalue weighted by atomic mass is 16.1. The molecule has 0 saturated heterocycles. The van der Waals surface area contributed by atoms with Crippen molar-refractivity contribution < 1.29 is 4.79 Å². The second-order valence-corrected chi connectivity index (χ2v) is 8.51. The molecule has 0 bridgehead atoms. The molecule has 0 aliphatic rings. The number of aryl methyl sites for hydroxylation is 4. The molecule has 1 nitrogen and oxygen atoms in total. The molecule has 28 heavy (non-hydrogen) atoms. The fourth-order valence-corrected chi connectivity index (χ4v) is 4.23. The van der Waals surface area contributed by atoms with Crippen molar-refractivity contribution >= 4 is 5.78 Å². The molecular formula is C27H38O. The van der Waals surface area contributed by atoms with Crippen molar-refractivity contribution in [3.8, 4) is 0 Å². The van der Waals surface area contributed by atoms with Gasteiger partial charge in [0.25, 0.3) is 0 Å². The van der Waals surface area contributed by atoms with Crippen LogP contribution in [0.4, 0.5) is 0 Å². The van der Waals surface area contributed by atoms with Gasteiger partial charge in [0.1, 0.15) is 5.78 Å². The van der Waals surface area contributed by atoms with Gasteiger partial charge in [-0.3, -0.25) is 4.79 Å². The number of Topliss-reactive ketones (excluding diaryl/α,β-unsaturated/α-hetero) is 1. The Kier molecular flexibility index (Phi) is 8.48. The quantitative estimate of drug-likeness (QED) is 0.413. The van der Waals surface area contributed by atoms with E-state index in [1.807, 2.05) is 0 Å². The topological polar surface area (TPSA) is 17.1 Å². The second-order valence-electron chi connectivity index (χ2n) is 8.51. The molecule has 152 valence electrons. The van der Waals surface area contributed by atoms with Gasteiger partial charge in [0, 0.05) is 11.8 Å². The number of benzene rings is 2. The minimum Gasteiger partial charge on any atom is -0.298 e. The van der Waals surface area contributed by atoms with E-state index in [9.17, 15) is 4.79 Å². The number of rotatable bonds is 10. The minimum atomic E-state index is 0.00150. The first-order valence-electron chi connectivity index (χ1n) is 11.1. The Morgan fingerprint density at radius 1 is 0.714 bits per heavy atom. The van der Waals surface area contributed by atoms with Gasteiger partial charge in [0.2, 0.25) is 0 Å². The zero-order valence-electron chi connectivity index (χ0n) is 18.8. The molecule has 0 heterocycles. The van der Waals surface area contributed by atoms with E-state index in [1.54, 1.807) is 0 Å². The Morgan fingerprint density at radius 2 is 1.11 bits per heavy atom. The Bertz CT molecular complexity index is 721. The van der Waals surface area contributed by atoms with E-state index in [2.05, 4.69) is 77.9 Å². The molecule has 0 aromatic heterocycles. The van der Waals surface area contributed by atoms with Gasteiger partial charge in [-0.2, -0.15) is 0 Å². The van der Waals surface area contributed by atoms with Crippen molar-refractivity contribution in [2.45, 2.75) is 91.9 Å². The maximum absolute atomic E-state index is 14.0. The van der Waals surface area contributed by atoms with Crippen molar-refractivity contribution in [2.75, 3.05) is 0 Å². The van der Waals surface area contributed by atoms with Crippen LogP contribution in [0.1, 0.15) is 97.6 Å². The van der Waals surface area contributed by atoms with E-state index in [0.717, 1.165) is 38.5 Å². The number of hydrogen-bond donors (Lipinski definition) is 0. The van der Waals surface area contributed by atoms with Crippen LogP contribution in [-0.4, -0.2) is 5.78 Å². The predicted molar refractivity (Wildman–Crippen MR) is 121 cm³/mol. The van der Waals surface area contributed by atoms with E-state index < -0.39 is 0 Å². The number of ketones is 1. The van der Waals surface area contributed by atoms with Crippen molar-refractivity contribution in [2.24, 2.45) is 0 Å². The third-order valence-corrected chi connectivity index (χ3v) is 6.00. The van der Waals surface area contributed by atoms with E-state index in [0.29, 0.717) is 5.78 Å². The Morgan fingerprint density at radius 3 is 1.46 bits per heavy atom. The summed E-state index contributed by atoms with van der Waals surface area (Å²) in [7, 11) is 0. The first kappa shape index (κ1) is 22.4. The van der Waals surface area contributed by atoms with Crippen molar-refractivity contribution in [3.05, 3.63) is 69.8 Å². The van der Waals surface area contributed by atoms with Gasteiger partial charge >= 0.3 is 0 Å². The monoisotopic (exact) mass is 378 g/mol. The smallest absolute Gasteiger partial charge is 0.147 e. The average molecular weight is 379 g/mol. The van der Waals surface area contributed by atoms with Gasteiger partial charge in [-0.15, -0.1) is 0 Å². The number of carbonyl (C=O) groups excluding carboxylic acids is 1. The highest BCUT2D eigenvalue weighted by Crippen LogP contribution is 2.36. The lowest BCUT2D eigenvalue weighted by Crippen LogP contribution is -2.23. The number of unbranched alkanes of at least 4 members (excludes halogenated alkanes) is 2. The summed E-state index contributed by atoms with van der Waals surface area (Å²) in [5.74, 6) is 0.424. The molecule has 0 aliphatic carbocycles. The maximum atomic E-state index is 14.0. The van der Waals surface area contributed by atoms with Crippen LogP contribution in [0.3, 0.4) is 0 Å². The third-order valence-electron chi connectivity index (χ3n) is 6.00. The summed E-state index contributed by atoms with van der Waals surface area (Å²) in [6, 6.07) is 13.1. The van der Waals surface area contributed by atoms with Crippen LogP contribution in [0.15, 0.2) is 36.4 Å². The van der Waals surface area contributed by atoms with Crippen molar-refractivity contribution in [1.29, 1.82) is 0 Å². The van der Waals surface area contributed by atoms with E-state index in [1.165, 1.54) is 33.4 Å². The first-order valence-corrected chi connectivity index (χ1v) is 11.1. The summed E-state index contributed by atoms with van der Waals surface area (Å²) in [6.45, 7) is 13.0. The van der Waals surface area contributed by atoms with Crippen LogP contribution in [0.5, 0.6) is 0 Å². The highest BCUT2D eigenvalue weighted by Gasteiger charge is 2.30. The van der Waals surface area contributed by atoms with Crippen LogP contribution in [0.25, 0.3) is 0 Å². The van der Waals surface area contributed by atoms with E-state index in [4.69, 9.17) is 0 Å². The number of hydrogen-bond acceptors (Lipinski definition) is 1. The Labute approximate surface area is 172 Å². The van der Waals surface area contributed by atoms with Crippen LogP contribution in [0.2, 0.25) is 0 Å². The molecule has 2 atom stereocenters. The van der Waals surface area contributed by atoms with E-state index in [-0.39, 0.29) is 11.8 Å².